The number of pyridine rings is 1. The number of carbonyl (C=O) groups excluding carboxylic acids is 1. The van der Waals surface area contributed by atoms with E-state index < -0.39 is 35.1 Å². The second-order valence-electron chi connectivity index (χ2n) is 7.70. The van der Waals surface area contributed by atoms with Gasteiger partial charge >= 0.3 is 0 Å². The number of carbonyl (C=O) groups is 1. The lowest BCUT2D eigenvalue weighted by molar-refractivity contribution is 0.0916. The molecule has 0 radical (unpaired) electrons. The zero-order valence-corrected chi connectivity index (χ0v) is 16.0. The SMILES string of the molecule is CC(C)(C)NC(=O)c1cccnc1CC(O)C(N)Cc1cc(F)c(F)cc1F. The number of nitrogens with one attached hydrogen (secondary N) is 1. The number of aliphatic hydroxyl groups is 1. The summed E-state index contributed by atoms with van der Waals surface area (Å²) in [5.41, 5.74) is 5.95. The van der Waals surface area contributed by atoms with E-state index in [0.717, 1.165) is 6.07 Å². The number of nitrogens with zero attached hydrogens (tertiary/aromatic N) is 1. The third kappa shape index (κ3) is 5.77. The van der Waals surface area contributed by atoms with Crippen LogP contribution in [0.15, 0.2) is 30.5 Å². The molecule has 0 aliphatic heterocycles. The van der Waals surface area contributed by atoms with Gasteiger partial charge in [0.2, 0.25) is 0 Å². The summed E-state index contributed by atoms with van der Waals surface area (Å²) in [5.74, 6) is -3.77. The molecule has 1 amide bonds. The number of nitrogens with two attached hydrogens (primary N) is 1. The van der Waals surface area contributed by atoms with Gasteiger partial charge in [0.15, 0.2) is 11.6 Å². The van der Waals surface area contributed by atoms with E-state index in [0.29, 0.717) is 17.3 Å². The molecule has 2 atom stereocenters. The number of aliphatic hydroxyl groups excluding tert-OH is 1. The van der Waals surface area contributed by atoms with Gasteiger partial charge < -0.3 is 16.2 Å². The Kier molecular flexibility index (Phi) is 6.79. The van der Waals surface area contributed by atoms with Crippen LogP contribution >= 0.6 is 0 Å². The van der Waals surface area contributed by atoms with Gasteiger partial charge in [-0.25, -0.2) is 13.2 Å². The van der Waals surface area contributed by atoms with Crippen molar-refractivity contribution in [2.75, 3.05) is 0 Å². The molecule has 8 heteroatoms. The van der Waals surface area contributed by atoms with E-state index in [1.165, 1.54) is 6.20 Å². The molecule has 2 aromatic rings. The Morgan fingerprint density at radius 2 is 1.82 bits per heavy atom. The molecule has 28 heavy (non-hydrogen) atoms. The Labute approximate surface area is 161 Å². The minimum absolute atomic E-state index is 0.0554. The molecule has 152 valence electrons. The Morgan fingerprint density at radius 3 is 2.46 bits per heavy atom. The lowest BCUT2D eigenvalue weighted by atomic mass is 9.96. The van der Waals surface area contributed by atoms with Crippen LogP contribution in [-0.2, 0) is 12.8 Å². The minimum atomic E-state index is -1.29. The van der Waals surface area contributed by atoms with E-state index in [-0.39, 0.29) is 24.3 Å². The number of hydrogen-bond donors (Lipinski definition) is 3. The predicted octanol–water partition coefficient (Wildman–Crippen LogP) is 2.50. The predicted molar refractivity (Wildman–Crippen MR) is 99.2 cm³/mol. The molecule has 0 saturated carbocycles. The number of hydrogen-bond acceptors (Lipinski definition) is 4. The summed E-state index contributed by atoms with van der Waals surface area (Å²) in [7, 11) is 0. The highest BCUT2D eigenvalue weighted by atomic mass is 19.2. The fourth-order valence-electron chi connectivity index (χ4n) is 2.67. The molecular weight excluding hydrogens is 371 g/mol. The van der Waals surface area contributed by atoms with Crippen LogP contribution in [0.3, 0.4) is 0 Å². The van der Waals surface area contributed by atoms with Gasteiger partial charge in [-0.1, -0.05) is 0 Å². The number of rotatable bonds is 6. The zero-order chi connectivity index (χ0) is 21.1. The highest BCUT2D eigenvalue weighted by Crippen LogP contribution is 2.17. The summed E-state index contributed by atoms with van der Waals surface area (Å²) < 4.78 is 40.2. The topological polar surface area (TPSA) is 88.2 Å². The molecule has 0 aliphatic rings. The zero-order valence-electron chi connectivity index (χ0n) is 16.0. The first-order valence-corrected chi connectivity index (χ1v) is 8.81. The Morgan fingerprint density at radius 1 is 1.18 bits per heavy atom. The van der Waals surface area contributed by atoms with E-state index in [4.69, 9.17) is 5.73 Å². The summed E-state index contributed by atoms with van der Waals surface area (Å²) >= 11 is 0. The molecule has 2 rings (SSSR count). The van der Waals surface area contributed by atoms with E-state index in [9.17, 15) is 23.1 Å². The van der Waals surface area contributed by atoms with Gasteiger partial charge in [-0.05, 0) is 51.0 Å². The molecule has 1 aromatic carbocycles. The third-order valence-corrected chi connectivity index (χ3v) is 4.07. The molecule has 1 aromatic heterocycles. The molecule has 4 N–H and O–H groups in total. The van der Waals surface area contributed by atoms with Gasteiger partial charge in [0.05, 0.1) is 17.4 Å². The van der Waals surface area contributed by atoms with Crippen LogP contribution in [0.5, 0.6) is 0 Å². The first kappa shape index (κ1) is 21.8. The molecule has 5 nitrogen and oxygen atoms in total. The number of aromatic nitrogens is 1. The van der Waals surface area contributed by atoms with Crippen LogP contribution in [0.25, 0.3) is 0 Å². The van der Waals surface area contributed by atoms with Gasteiger partial charge in [-0.15, -0.1) is 0 Å². The van der Waals surface area contributed by atoms with Crippen molar-refractivity contribution in [1.29, 1.82) is 0 Å². The summed E-state index contributed by atoms with van der Waals surface area (Å²) in [6, 6.07) is 3.37. The first-order valence-electron chi connectivity index (χ1n) is 8.81. The fourth-order valence-corrected chi connectivity index (χ4v) is 2.67. The summed E-state index contributed by atoms with van der Waals surface area (Å²) in [6.45, 7) is 5.51. The van der Waals surface area contributed by atoms with E-state index >= 15 is 0 Å². The van der Waals surface area contributed by atoms with Crippen LogP contribution in [0.2, 0.25) is 0 Å². The third-order valence-electron chi connectivity index (χ3n) is 4.07. The van der Waals surface area contributed by atoms with Crippen molar-refractivity contribution in [2.24, 2.45) is 5.73 Å². The maximum Gasteiger partial charge on any atom is 0.253 e. The van der Waals surface area contributed by atoms with Crippen LogP contribution in [0, 0.1) is 17.5 Å². The van der Waals surface area contributed by atoms with Crippen LogP contribution in [-0.4, -0.2) is 33.7 Å². The second kappa shape index (κ2) is 8.70. The highest BCUT2D eigenvalue weighted by Gasteiger charge is 2.23. The molecule has 0 fully saturated rings. The van der Waals surface area contributed by atoms with Gasteiger partial charge in [0.25, 0.3) is 5.91 Å². The Balaban J connectivity index is 2.13. The molecule has 0 spiro atoms. The van der Waals surface area contributed by atoms with E-state index in [1.54, 1.807) is 12.1 Å². The summed E-state index contributed by atoms with van der Waals surface area (Å²) in [4.78, 5) is 16.6. The molecular formula is C20H24F3N3O2. The largest absolute Gasteiger partial charge is 0.391 e. The van der Waals surface area contributed by atoms with Crippen molar-refractivity contribution < 1.29 is 23.1 Å². The second-order valence-corrected chi connectivity index (χ2v) is 7.70. The molecule has 1 heterocycles. The fraction of sp³-hybridized carbons (Fsp3) is 0.400. The maximum absolute atomic E-state index is 13.8. The van der Waals surface area contributed by atoms with Crippen molar-refractivity contribution in [3.63, 3.8) is 0 Å². The molecule has 2 unspecified atom stereocenters. The van der Waals surface area contributed by atoms with Gasteiger partial charge in [-0.2, -0.15) is 0 Å². The van der Waals surface area contributed by atoms with Gasteiger partial charge in [-0.3, -0.25) is 9.78 Å². The minimum Gasteiger partial charge on any atom is -0.391 e. The molecule has 0 saturated heterocycles. The van der Waals surface area contributed by atoms with Crippen LogP contribution < -0.4 is 11.1 Å². The van der Waals surface area contributed by atoms with E-state index in [2.05, 4.69) is 10.3 Å². The number of amides is 1. The van der Waals surface area contributed by atoms with Crippen molar-refractivity contribution in [3.05, 3.63) is 64.7 Å². The smallest absolute Gasteiger partial charge is 0.253 e. The van der Waals surface area contributed by atoms with Crippen molar-refractivity contribution in [1.82, 2.24) is 10.3 Å². The maximum atomic E-state index is 13.8. The van der Waals surface area contributed by atoms with Crippen molar-refractivity contribution >= 4 is 5.91 Å². The van der Waals surface area contributed by atoms with Crippen molar-refractivity contribution in [2.45, 2.75) is 51.3 Å². The number of benzene rings is 1. The highest BCUT2D eigenvalue weighted by molar-refractivity contribution is 5.95. The van der Waals surface area contributed by atoms with Gasteiger partial charge in [0.1, 0.15) is 5.82 Å². The van der Waals surface area contributed by atoms with E-state index in [1.807, 2.05) is 20.8 Å². The molecule has 0 bridgehead atoms. The van der Waals surface area contributed by atoms with Gasteiger partial charge in [0, 0.05) is 30.3 Å². The quantitative estimate of drug-likeness (QED) is 0.656. The van der Waals surface area contributed by atoms with Crippen LogP contribution in [0.4, 0.5) is 13.2 Å². The standard InChI is InChI=1S/C20H24F3N3O2/c1-20(2,3)26-19(28)12-5-4-6-25-17(12)10-18(27)16(24)8-11-7-14(22)15(23)9-13(11)21/h4-7,9,16,18,27H,8,10,24H2,1-3H3,(H,26,28). The van der Waals surface area contributed by atoms with Crippen molar-refractivity contribution in [3.8, 4) is 0 Å². The normalized spacial score (nSPS) is 13.9. The monoisotopic (exact) mass is 395 g/mol. The Hall–Kier alpha value is -2.45. The summed E-state index contributed by atoms with van der Waals surface area (Å²) in [6.07, 6.45) is 0.0422. The molecule has 0 aliphatic carbocycles. The first-order chi connectivity index (χ1) is 13.0. The lowest BCUT2D eigenvalue weighted by Gasteiger charge is -2.23. The van der Waals surface area contributed by atoms with Crippen LogP contribution in [0.1, 0.15) is 42.4 Å². The Bertz CT molecular complexity index is 853. The lowest BCUT2D eigenvalue weighted by Crippen LogP contribution is -2.42. The average Bonchev–Trinajstić information content (AvgIpc) is 2.58. The number of halogens is 3. The summed E-state index contributed by atoms with van der Waals surface area (Å²) in [5, 5.41) is 13.2. The average molecular weight is 395 g/mol.